The van der Waals surface area contributed by atoms with Crippen molar-refractivity contribution in [1.82, 2.24) is 14.9 Å². The Morgan fingerprint density at radius 1 is 1.60 bits per heavy atom. The lowest BCUT2D eigenvalue weighted by Gasteiger charge is -2.00. The Hall–Kier alpha value is -2.12. The summed E-state index contributed by atoms with van der Waals surface area (Å²) in [5, 5.41) is 5.52. The van der Waals surface area contributed by atoms with Crippen molar-refractivity contribution >= 4 is 5.97 Å². The van der Waals surface area contributed by atoms with Crippen molar-refractivity contribution in [3.63, 3.8) is 0 Å². The van der Waals surface area contributed by atoms with Gasteiger partial charge in [0.1, 0.15) is 5.69 Å². The van der Waals surface area contributed by atoms with E-state index < -0.39 is 17.2 Å². The van der Waals surface area contributed by atoms with Crippen LogP contribution >= 0.6 is 0 Å². The van der Waals surface area contributed by atoms with Crippen LogP contribution in [0.1, 0.15) is 12.1 Å². The first kappa shape index (κ1) is 11.0. The fraction of sp³-hybridized carbons (Fsp3) is 0.429. The first-order valence-electron chi connectivity index (χ1n) is 4.08. The lowest BCUT2D eigenvalue weighted by Crippen LogP contribution is -2.43. The normalized spacial score (nSPS) is 9.93. The highest BCUT2D eigenvalue weighted by molar-refractivity contribution is 5.69. The molecule has 8 heteroatoms. The lowest BCUT2D eigenvalue weighted by molar-refractivity contribution is -0.140. The Kier molecular flexibility index (Phi) is 3.21. The number of nitrogens with two attached hydrogens (primary N) is 1. The van der Waals surface area contributed by atoms with Gasteiger partial charge in [-0.2, -0.15) is 9.77 Å². The minimum absolute atomic E-state index is 0.00475. The van der Waals surface area contributed by atoms with Crippen molar-refractivity contribution in [2.24, 2.45) is 0 Å². The van der Waals surface area contributed by atoms with Crippen LogP contribution in [0.15, 0.2) is 9.59 Å². The van der Waals surface area contributed by atoms with Crippen molar-refractivity contribution in [1.29, 1.82) is 0 Å². The number of hydrogen-bond acceptors (Lipinski definition) is 6. The SMILES string of the molecule is COC(=O)CCc1n[nH]c(=O)n(N)c1=O. The molecular weight excluding hydrogens is 204 g/mol. The Morgan fingerprint density at radius 3 is 2.87 bits per heavy atom. The molecule has 15 heavy (non-hydrogen) atoms. The maximum Gasteiger partial charge on any atom is 0.363 e. The molecule has 8 nitrogen and oxygen atoms in total. The van der Waals surface area contributed by atoms with Crippen molar-refractivity contribution < 1.29 is 9.53 Å². The van der Waals surface area contributed by atoms with Gasteiger partial charge in [0.05, 0.1) is 13.5 Å². The van der Waals surface area contributed by atoms with Gasteiger partial charge in [0.2, 0.25) is 0 Å². The van der Waals surface area contributed by atoms with E-state index in [-0.39, 0.29) is 18.5 Å². The quantitative estimate of drug-likeness (QED) is 0.433. The summed E-state index contributed by atoms with van der Waals surface area (Å²) in [6.07, 6.45) is 0.0737. The highest BCUT2D eigenvalue weighted by Crippen LogP contribution is 1.91. The average molecular weight is 214 g/mol. The molecule has 0 saturated heterocycles. The summed E-state index contributed by atoms with van der Waals surface area (Å²) in [6.45, 7) is 0. The van der Waals surface area contributed by atoms with Crippen LogP contribution in [-0.2, 0) is 16.0 Å². The summed E-state index contributed by atoms with van der Waals surface area (Å²) < 4.78 is 4.79. The number of esters is 1. The minimum Gasteiger partial charge on any atom is -0.469 e. The number of aromatic amines is 1. The maximum absolute atomic E-state index is 11.3. The molecule has 82 valence electrons. The molecule has 0 saturated carbocycles. The van der Waals surface area contributed by atoms with Crippen LogP contribution in [0.4, 0.5) is 0 Å². The number of aromatic nitrogens is 3. The standard InChI is InChI=1S/C7H10N4O4/c1-15-5(12)3-2-4-6(13)11(8)7(14)10-9-4/h2-3,8H2,1H3,(H,10,14). The molecule has 0 radical (unpaired) electrons. The topological polar surface area (TPSA) is 120 Å². The molecule has 0 bridgehead atoms. The molecule has 0 atom stereocenters. The second-order valence-corrected chi connectivity index (χ2v) is 2.73. The molecule has 0 unspecified atom stereocenters. The van der Waals surface area contributed by atoms with Gasteiger partial charge < -0.3 is 10.6 Å². The third-order valence-electron chi connectivity index (χ3n) is 1.76. The number of methoxy groups -OCH3 is 1. The Bertz CT molecular complexity index is 475. The molecular formula is C7H10N4O4. The van der Waals surface area contributed by atoms with E-state index in [1.54, 1.807) is 0 Å². The number of H-pyrrole nitrogens is 1. The van der Waals surface area contributed by atoms with Gasteiger partial charge in [0.25, 0.3) is 5.56 Å². The van der Waals surface area contributed by atoms with E-state index in [0.717, 1.165) is 0 Å². The zero-order valence-electron chi connectivity index (χ0n) is 8.02. The smallest absolute Gasteiger partial charge is 0.363 e. The number of nitrogens with zero attached hydrogens (tertiary/aromatic N) is 2. The Balaban J connectivity index is 2.88. The van der Waals surface area contributed by atoms with E-state index in [2.05, 4.69) is 9.84 Å². The van der Waals surface area contributed by atoms with Gasteiger partial charge in [-0.15, -0.1) is 0 Å². The van der Waals surface area contributed by atoms with Gasteiger partial charge in [-0.3, -0.25) is 9.59 Å². The van der Waals surface area contributed by atoms with Gasteiger partial charge in [0, 0.05) is 6.42 Å². The van der Waals surface area contributed by atoms with E-state index in [0.29, 0.717) is 4.68 Å². The summed E-state index contributed by atoms with van der Waals surface area (Å²) in [5.41, 5.74) is -1.51. The second kappa shape index (κ2) is 4.40. The Labute approximate surface area is 83.6 Å². The van der Waals surface area contributed by atoms with Gasteiger partial charge in [-0.25, -0.2) is 9.89 Å². The predicted molar refractivity (Wildman–Crippen MR) is 49.6 cm³/mol. The molecule has 0 aliphatic carbocycles. The first-order chi connectivity index (χ1) is 7.06. The molecule has 1 aromatic heterocycles. The number of rotatable bonds is 3. The van der Waals surface area contributed by atoms with Crippen LogP contribution in [0.5, 0.6) is 0 Å². The molecule has 0 aliphatic heterocycles. The van der Waals surface area contributed by atoms with Gasteiger partial charge in [-0.1, -0.05) is 0 Å². The van der Waals surface area contributed by atoms with Gasteiger partial charge in [-0.05, 0) is 0 Å². The van der Waals surface area contributed by atoms with Crippen molar-refractivity contribution in [2.45, 2.75) is 12.8 Å². The third kappa shape index (κ3) is 2.42. The molecule has 0 fully saturated rings. The van der Waals surface area contributed by atoms with Crippen LogP contribution < -0.4 is 17.1 Å². The highest BCUT2D eigenvalue weighted by atomic mass is 16.5. The fourth-order valence-electron chi connectivity index (χ4n) is 0.934. The Morgan fingerprint density at radius 2 is 2.27 bits per heavy atom. The van der Waals surface area contributed by atoms with Crippen LogP contribution in [0.2, 0.25) is 0 Å². The maximum atomic E-state index is 11.3. The van der Waals surface area contributed by atoms with E-state index in [9.17, 15) is 14.4 Å². The van der Waals surface area contributed by atoms with E-state index in [1.807, 2.05) is 5.10 Å². The predicted octanol–water partition coefficient (Wildman–Crippen LogP) is -2.25. The molecule has 0 amide bonds. The van der Waals surface area contributed by atoms with Crippen LogP contribution in [0.3, 0.4) is 0 Å². The monoisotopic (exact) mass is 214 g/mol. The molecule has 3 N–H and O–H groups in total. The van der Waals surface area contributed by atoms with E-state index in [4.69, 9.17) is 5.84 Å². The number of hydrogen-bond donors (Lipinski definition) is 2. The first-order valence-corrected chi connectivity index (χ1v) is 4.08. The number of ether oxygens (including phenoxy) is 1. The molecule has 1 heterocycles. The summed E-state index contributed by atoms with van der Waals surface area (Å²) in [5.74, 6) is 4.66. The summed E-state index contributed by atoms with van der Waals surface area (Å²) in [7, 11) is 1.24. The molecule has 0 aliphatic rings. The fourth-order valence-corrected chi connectivity index (χ4v) is 0.934. The molecule has 0 aromatic carbocycles. The zero-order valence-corrected chi connectivity index (χ0v) is 8.02. The highest BCUT2D eigenvalue weighted by Gasteiger charge is 2.09. The average Bonchev–Trinajstić information content (AvgIpc) is 2.24. The van der Waals surface area contributed by atoms with E-state index in [1.165, 1.54) is 7.11 Å². The van der Waals surface area contributed by atoms with Crippen LogP contribution in [0.25, 0.3) is 0 Å². The number of carbonyl (C=O) groups is 1. The lowest BCUT2D eigenvalue weighted by atomic mass is 10.2. The van der Waals surface area contributed by atoms with Gasteiger partial charge in [0.15, 0.2) is 0 Å². The van der Waals surface area contributed by atoms with Crippen molar-refractivity contribution in [3.8, 4) is 0 Å². The van der Waals surface area contributed by atoms with Gasteiger partial charge >= 0.3 is 11.7 Å². The third-order valence-corrected chi connectivity index (χ3v) is 1.76. The molecule has 0 spiro atoms. The summed E-state index contributed by atoms with van der Waals surface area (Å²) in [4.78, 5) is 32.9. The molecule has 1 aromatic rings. The second-order valence-electron chi connectivity index (χ2n) is 2.73. The molecule has 1 rings (SSSR count). The summed E-state index contributed by atoms with van der Waals surface area (Å²) in [6, 6.07) is 0. The van der Waals surface area contributed by atoms with E-state index >= 15 is 0 Å². The van der Waals surface area contributed by atoms with Crippen LogP contribution in [-0.4, -0.2) is 28.0 Å². The zero-order chi connectivity index (χ0) is 11.4. The number of aryl methyl sites for hydroxylation is 1. The van der Waals surface area contributed by atoms with Crippen LogP contribution in [0, 0.1) is 0 Å². The number of carbonyl (C=O) groups excluding carboxylic acids is 1. The van der Waals surface area contributed by atoms with Crippen molar-refractivity contribution in [2.75, 3.05) is 13.0 Å². The van der Waals surface area contributed by atoms with Crippen molar-refractivity contribution in [3.05, 3.63) is 26.5 Å². The summed E-state index contributed by atoms with van der Waals surface area (Å²) >= 11 is 0. The number of nitrogen functional groups attached to an aromatic ring is 1. The minimum atomic E-state index is -0.804. The number of nitrogens with one attached hydrogen (secondary N) is 1. The largest absolute Gasteiger partial charge is 0.469 e.